The summed E-state index contributed by atoms with van der Waals surface area (Å²) >= 11 is 1.41. The van der Waals surface area contributed by atoms with Crippen LogP contribution < -0.4 is 10.1 Å². The largest absolute Gasteiger partial charge is 0.497 e. The van der Waals surface area contributed by atoms with Crippen molar-refractivity contribution in [3.8, 4) is 17.0 Å². The maximum absolute atomic E-state index is 12.3. The molecule has 0 aliphatic rings. The van der Waals surface area contributed by atoms with E-state index < -0.39 is 0 Å². The number of ether oxygens (including phenoxy) is 1. The summed E-state index contributed by atoms with van der Waals surface area (Å²) in [6.45, 7) is 5.82. The van der Waals surface area contributed by atoms with E-state index in [1.54, 1.807) is 14.0 Å². The molecule has 2 heterocycles. The number of carbonyl (C=O) groups excluding carboxylic acids is 2. The lowest BCUT2D eigenvalue weighted by atomic mass is 10.1. The molecule has 0 radical (unpaired) electrons. The second-order valence-corrected chi connectivity index (χ2v) is 7.42. The third-order valence-electron chi connectivity index (χ3n) is 4.56. The molecule has 0 fully saturated rings. The van der Waals surface area contributed by atoms with Gasteiger partial charge in [-0.2, -0.15) is 0 Å². The monoisotopic (exact) mass is 397 g/mol. The number of hydrogen-bond acceptors (Lipinski definition) is 5. The van der Waals surface area contributed by atoms with Crippen molar-refractivity contribution in [3.63, 3.8) is 0 Å². The van der Waals surface area contributed by atoms with E-state index in [1.165, 1.54) is 11.3 Å². The number of Topliss-reactive ketones (excluding diaryl/α,β-unsaturated/α-hetero) is 1. The van der Waals surface area contributed by atoms with Crippen molar-refractivity contribution in [2.24, 2.45) is 0 Å². The van der Waals surface area contributed by atoms with Crippen LogP contribution in [0.15, 0.2) is 35.7 Å². The van der Waals surface area contributed by atoms with E-state index >= 15 is 0 Å². The van der Waals surface area contributed by atoms with Gasteiger partial charge in [0.05, 0.1) is 12.8 Å². The van der Waals surface area contributed by atoms with Crippen LogP contribution in [-0.4, -0.2) is 28.4 Å². The molecule has 0 aliphatic heterocycles. The van der Waals surface area contributed by atoms with E-state index in [4.69, 9.17) is 4.74 Å². The Hall–Kier alpha value is -2.93. The van der Waals surface area contributed by atoms with Crippen LogP contribution in [-0.2, 0) is 11.3 Å². The molecule has 0 aliphatic carbocycles. The lowest BCUT2D eigenvalue weighted by Crippen LogP contribution is -2.15. The maximum Gasteiger partial charge on any atom is 0.227 e. The molecule has 0 saturated carbocycles. The van der Waals surface area contributed by atoms with E-state index in [9.17, 15) is 9.59 Å². The molecule has 0 spiro atoms. The number of aromatic nitrogens is 2. The first-order valence-electron chi connectivity index (χ1n) is 8.96. The van der Waals surface area contributed by atoms with Gasteiger partial charge in [0.15, 0.2) is 10.9 Å². The predicted octanol–water partition coefficient (Wildman–Crippen LogP) is 4.47. The minimum atomic E-state index is -0.104. The predicted molar refractivity (Wildman–Crippen MR) is 111 cm³/mol. The summed E-state index contributed by atoms with van der Waals surface area (Å²) in [5, 5.41) is 5.33. The summed E-state index contributed by atoms with van der Waals surface area (Å²) in [6, 6.07) is 9.56. The van der Waals surface area contributed by atoms with Crippen LogP contribution in [0.3, 0.4) is 0 Å². The molecule has 2 aromatic heterocycles. The van der Waals surface area contributed by atoms with Gasteiger partial charge in [-0.3, -0.25) is 9.59 Å². The highest BCUT2D eigenvalue weighted by molar-refractivity contribution is 7.13. The summed E-state index contributed by atoms with van der Waals surface area (Å²) in [5.41, 5.74) is 4.28. The van der Waals surface area contributed by atoms with E-state index in [1.807, 2.05) is 54.1 Å². The number of anilines is 1. The topological polar surface area (TPSA) is 73.2 Å². The second kappa shape index (κ2) is 8.39. The molecule has 1 aromatic carbocycles. The third kappa shape index (κ3) is 4.31. The summed E-state index contributed by atoms with van der Waals surface area (Å²) in [4.78, 5) is 28.6. The highest BCUT2D eigenvalue weighted by Crippen LogP contribution is 2.28. The van der Waals surface area contributed by atoms with Crippen molar-refractivity contribution >= 4 is 28.2 Å². The molecule has 3 aromatic rings. The molecule has 28 heavy (non-hydrogen) atoms. The normalized spacial score (nSPS) is 10.7. The van der Waals surface area contributed by atoms with E-state index in [0.717, 1.165) is 28.4 Å². The highest BCUT2D eigenvalue weighted by Gasteiger charge is 2.17. The Kier molecular flexibility index (Phi) is 5.94. The molecule has 1 amide bonds. The van der Waals surface area contributed by atoms with E-state index in [0.29, 0.717) is 17.2 Å². The molecule has 0 saturated heterocycles. The van der Waals surface area contributed by atoms with Crippen molar-refractivity contribution in [1.29, 1.82) is 0 Å². The van der Waals surface area contributed by atoms with Gasteiger partial charge in [-0.25, -0.2) is 4.98 Å². The molecule has 0 bridgehead atoms. The van der Waals surface area contributed by atoms with Gasteiger partial charge in [-0.1, -0.05) is 0 Å². The average molecular weight is 398 g/mol. The molecule has 3 rings (SSSR count). The number of thiazole rings is 1. The Labute approximate surface area is 168 Å². The standard InChI is InChI=1S/C21H23N3O3S/c1-13-12-28-21(22-13)23-20(26)9-10-24-14(2)18(15(3)25)11-19(24)16-5-7-17(27-4)8-6-16/h5-8,11-12H,9-10H2,1-4H3,(H,22,23,26). The van der Waals surface area contributed by atoms with Crippen LogP contribution in [0.25, 0.3) is 11.3 Å². The van der Waals surface area contributed by atoms with Crippen molar-refractivity contribution in [1.82, 2.24) is 9.55 Å². The summed E-state index contributed by atoms with van der Waals surface area (Å²) < 4.78 is 7.24. The number of rotatable bonds is 7. The number of amides is 1. The number of benzene rings is 1. The second-order valence-electron chi connectivity index (χ2n) is 6.56. The van der Waals surface area contributed by atoms with Crippen LogP contribution in [0.2, 0.25) is 0 Å². The fourth-order valence-corrected chi connectivity index (χ4v) is 3.80. The molecule has 146 valence electrons. The fraction of sp³-hybridized carbons (Fsp3) is 0.286. The zero-order valence-corrected chi connectivity index (χ0v) is 17.2. The molecule has 0 unspecified atom stereocenters. The van der Waals surface area contributed by atoms with Gasteiger partial charge in [0.1, 0.15) is 5.75 Å². The number of hydrogen-bond donors (Lipinski definition) is 1. The van der Waals surface area contributed by atoms with E-state index in [2.05, 4.69) is 10.3 Å². The van der Waals surface area contributed by atoms with Crippen molar-refractivity contribution in [3.05, 3.63) is 52.7 Å². The van der Waals surface area contributed by atoms with Crippen LogP contribution in [0.4, 0.5) is 5.13 Å². The first-order chi connectivity index (χ1) is 13.4. The third-order valence-corrected chi connectivity index (χ3v) is 5.44. The van der Waals surface area contributed by atoms with Crippen molar-refractivity contribution < 1.29 is 14.3 Å². The Balaban J connectivity index is 1.83. The highest BCUT2D eigenvalue weighted by atomic mass is 32.1. The van der Waals surface area contributed by atoms with Gasteiger partial charge in [-0.05, 0) is 56.7 Å². The van der Waals surface area contributed by atoms with Crippen LogP contribution >= 0.6 is 11.3 Å². The quantitative estimate of drug-likeness (QED) is 0.597. The zero-order valence-electron chi connectivity index (χ0n) is 16.4. The molecule has 1 N–H and O–H groups in total. The number of carbonyl (C=O) groups is 2. The maximum atomic E-state index is 12.3. The SMILES string of the molecule is COc1ccc(-c2cc(C(C)=O)c(C)n2CCC(=O)Nc2nc(C)cs2)cc1. The smallest absolute Gasteiger partial charge is 0.227 e. The fourth-order valence-electron chi connectivity index (χ4n) is 3.10. The lowest BCUT2D eigenvalue weighted by molar-refractivity contribution is -0.116. The minimum absolute atomic E-state index is 0.00808. The minimum Gasteiger partial charge on any atom is -0.497 e. The number of methoxy groups -OCH3 is 1. The Morgan fingerprint density at radius 1 is 1.21 bits per heavy atom. The number of nitrogens with one attached hydrogen (secondary N) is 1. The van der Waals surface area contributed by atoms with Gasteiger partial charge in [0.2, 0.25) is 5.91 Å². The Morgan fingerprint density at radius 2 is 1.93 bits per heavy atom. The van der Waals surface area contributed by atoms with Crippen LogP contribution in [0.1, 0.15) is 35.1 Å². The van der Waals surface area contributed by atoms with Gasteiger partial charge >= 0.3 is 0 Å². The number of aryl methyl sites for hydroxylation is 1. The molecule has 7 heteroatoms. The van der Waals surface area contributed by atoms with Gasteiger partial charge in [0.25, 0.3) is 0 Å². The Morgan fingerprint density at radius 3 is 2.50 bits per heavy atom. The molecule has 6 nitrogen and oxygen atoms in total. The molecule has 0 atom stereocenters. The van der Waals surface area contributed by atoms with Crippen LogP contribution in [0, 0.1) is 13.8 Å². The Bertz CT molecular complexity index is 1000. The van der Waals surface area contributed by atoms with Crippen molar-refractivity contribution in [2.45, 2.75) is 33.7 Å². The lowest BCUT2D eigenvalue weighted by Gasteiger charge is -2.12. The van der Waals surface area contributed by atoms with Gasteiger partial charge in [0, 0.05) is 35.3 Å². The number of ketones is 1. The zero-order chi connectivity index (χ0) is 20.3. The van der Waals surface area contributed by atoms with Crippen molar-refractivity contribution in [2.75, 3.05) is 12.4 Å². The van der Waals surface area contributed by atoms with Gasteiger partial charge < -0.3 is 14.6 Å². The number of nitrogens with zero attached hydrogens (tertiary/aromatic N) is 2. The summed E-state index contributed by atoms with van der Waals surface area (Å²) in [6.07, 6.45) is 0.286. The molecular weight excluding hydrogens is 374 g/mol. The van der Waals surface area contributed by atoms with Gasteiger partial charge in [-0.15, -0.1) is 11.3 Å². The first kappa shape index (κ1) is 19.8. The first-order valence-corrected chi connectivity index (χ1v) is 9.84. The van der Waals surface area contributed by atoms with E-state index in [-0.39, 0.29) is 18.1 Å². The average Bonchev–Trinajstić information content (AvgIpc) is 3.23. The summed E-state index contributed by atoms with van der Waals surface area (Å²) in [7, 11) is 1.62. The summed E-state index contributed by atoms with van der Waals surface area (Å²) in [5.74, 6) is 0.671. The molecular formula is C21H23N3O3S. The van der Waals surface area contributed by atoms with Crippen LogP contribution in [0.5, 0.6) is 5.75 Å².